The molecule has 100 valence electrons. The lowest BCUT2D eigenvalue weighted by atomic mass is 9.86. The van der Waals surface area contributed by atoms with Crippen LogP contribution in [0.5, 0.6) is 0 Å². The highest BCUT2D eigenvalue weighted by atomic mass is 19.1. The SMILES string of the molecule is N[C@H]1CC[C@H](c2nnc(-c3ccc(F)cc3)o2)CC1. The maximum atomic E-state index is 12.9. The molecule has 1 aromatic heterocycles. The highest BCUT2D eigenvalue weighted by Crippen LogP contribution is 2.32. The summed E-state index contributed by atoms with van der Waals surface area (Å²) in [5.74, 6) is 1.15. The molecular weight excluding hydrogens is 245 g/mol. The van der Waals surface area contributed by atoms with Gasteiger partial charge in [-0.25, -0.2) is 4.39 Å². The van der Waals surface area contributed by atoms with Gasteiger partial charge in [-0.1, -0.05) is 0 Å². The monoisotopic (exact) mass is 261 g/mol. The van der Waals surface area contributed by atoms with Crippen molar-refractivity contribution in [3.05, 3.63) is 36.0 Å². The fourth-order valence-electron chi connectivity index (χ4n) is 2.47. The molecule has 1 aromatic carbocycles. The van der Waals surface area contributed by atoms with Crippen LogP contribution in [0, 0.1) is 5.82 Å². The molecule has 0 aliphatic heterocycles. The van der Waals surface area contributed by atoms with Gasteiger partial charge in [0.1, 0.15) is 5.82 Å². The second-order valence-corrected chi connectivity index (χ2v) is 5.06. The summed E-state index contributed by atoms with van der Waals surface area (Å²) >= 11 is 0. The third-order valence-corrected chi connectivity index (χ3v) is 3.65. The molecule has 3 rings (SSSR count). The van der Waals surface area contributed by atoms with Crippen LogP contribution in [0.2, 0.25) is 0 Å². The van der Waals surface area contributed by atoms with E-state index in [1.165, 1.54) is 12.1 Å². The van der Waals surface area contributed by atoms with Gasteiger partial charge in [0.15, 0.2) is 0 Å². The van der Waals surface area contributed by atoms with E-state index < -0.39 is 0 Å². The fraction of sp³-hybridized carbons (Fsp3) is 0.429. The summed E-state index contributed by atoms with van der Waals surface area (Å²) < 4.78 is 18.6. The largest absolute Gasteiger partial charge is 0.420 e. The van der Waals surface area contributed by atoms with Crippen LogP contribution < -0.4 is 5.73 Å². The average Bonchev–Trinajstić information content (AvgIpc) is 2.90. The van der Waals surface area contributed by atoms with E-state index in [2.05, 4.69) is 10.2 Å². The van der Waals surface area contributed by atoms with E-state index in [1.807, 2.05) is 0 Å². The summed E-state index contributed by atoms with van der Waals surface area (Å²) in [4.78, 5) is 0. The Bertz CT molecular complexity index is 544. The topological polar surface area (TPSA) is 64.9 Å². The Morgan fingerprint density at radius 3 is 2.42 bits per heavy atom. The van der Waals surface area contributed by atoms with Crippen molar-refractivity contribution in [1.29, 1.82) is 0 Å². The van der Waals surface area contributed by atoms with Crippen molar-refractivity contribution in [2.45, 2.75) is 37.6 Å². The van der Waals surface area contributed by atoms with Gasteiger partial charge in [-0.2, -0.15) is 0 Å². The van der Waals surface area contributed by atoms with Gasteiger partial charge < -0.3 is 10.2 Å². The van der Waals surface area contributed by atoms with E-state index in [0.29, 0.717) is 23.7 Å². The molecule has 1 aliphatic carbocycles. The van der Waals surface area contributed by atoms with Gasteiger partial charge in [-0.15, -0.1) is 10.2 Å². The van der Waals surface area contributed by atoms with Crippen molar-refractivity contribution in [2.75, 3.05) is 0 Å². The summed E-state index contributed by atoms with van der Waals surface area (Å²) in [5.41, 5.74) is 6.63. The Morgan fingerprint density at radius 1 is 1.05 bits per heavy atom. The fourth-order valence-corrected chi connectivity index (χ4v) is 2.47. The molecule has 2 aromatic rings. The molecule has 19 heavy (non-hydrogen) atoms. The summed E-state index contributed by atoms with van der Waals surface area (Å²) in [6.45, 7) is 0. The Labute approximate surface area is 110 Å². The molecule has 2 N–H and O–H groups in total. The third-order valence-electron chi connectivity index (χ3n) is 3.65. The lowest BCUT2D eigenvalue weighted by molar-refractivity contribution is 0.341. The summed E-state index contributed by atoms with van der Waals surface area (Å²) in [7, 11) is 0. The molecule has 1 heterocycles. The minimum absolute atomic E-state index is 0.273. The molecular formula is C14H16FN3O. The number of nitrogens with two attached hydrogens (primary N) is 1. The quantitative estimate of drug-likeness (QED) is 0.902. The molecule has 0 radical (unpaired) electrons. The predicted octanol–water partition coefficient (Wildman–Crippen LogP) is 2.86. The molecule has 0 spiro atoms. The number of nitrogens with zero attached hydrogens (tertiary/aromatic N) is 2. The van der Waals surface area contributed by atoms with E-state index in [0.717, 1.165) is 31.2 Å². The van der Waals surface area contributed by atoms with Crippen LogP contribution in [-0.2, 0) is 0 Å². The van der Waals surface area contributed by atoms with E-state index in [1.54, 1.807) is 12.1 Å². The number of hydrogen-bond acceptors (Lipinski definition) is 4. The minimum Gasteiger partial charge on any atom is -0.420 e. The molecule has 1 aliphatic rings. The van der Waals surface area contributed by atoms with E-state index in [-0.39, 0.29) is 5.82 Å². The molecule has 0 amide bonds. The molecule has 5 heteroatoms. The Balaban J connectivity index is 1.77. The van der Waals surface area contributed by atoms with Gasteiger partial charge in [-0.05, 0) is 49.9 Å². The van der Waals surface area contributed by atoms with Crippen LogP contribution in [0.1, 0.15) is 37.5 Å². The van der Waals surface area contributed by atoms with Crippen molar-refractivity contribution >= 4 is 0 Å². The number of aromatic nitrogens is 2. The van der Waals surface area contributed by atoms with Gasteiger partial charge in [0.25, 0.3) is 0 Å². The first-order chi connectivity index (χ1) is 9.22. The van der Waals surface area contributed by atoms with Gasteiger partial charge in [0, 0.05) is 17.5 Å². The highest BCUT2D eigenvalue weighted by Gasteiger charge is 2.24. The van der Waals surface area contributed by atoms with Gasteiger partial charge >= 0.3 is 0 Å². The zero-order valence-electron chi connectivity index (χ0n) is 10.6. The van der Waals surface area contributed by atoms with Crippen molar-refractivity contribution < 1.29 is 8.81 Å². The first-order valence-corrected chi connectivity index (χ1v) is 6.57. The second-order valence-electron chi connectivity index (χ2n) is 5.06. The normalized spacial score (nSPS) is 23.5. The molecule has 0 saturated heterocycles. The zero-order chi connectivity index (χ0) is 13.2. The maximum Gasteiger partial charge on any atom is 0.247 e. The minimum atomic E-state index is -0.273. The first-order valence-electron chi connectivity index (χ1n) is 6.57. The Hall–Kier alpha value is -1.75. The molecule has 1 saturated carbocycles. The Morgan fingerprint density at radius 2 is 1.74 bits per heavy atom. The molecule has 0 unspecified atom stereocenters. The van der Waals surface area contributed by atoms with Gasteiger partial charge in [0.2, 0.25) is 11.8 Å². The average molecular weight is 261 g/mol. The van der Waals surface area contributed by atoms with E-state index in [9.17, 15) is 4.39 Å². The molecule has 4 nitrogen and oxygen atoms in total. The van der Waals surface area contributed by atoms with Crippen molar-refractivity contribution in [1.82, 2.24) is 10.2 Å². The number of rotatable bonds is 2. The maximum absolute atomic E-state index is 12.9. The summed E-state index contributed by atoms with van der Waals surface area (Å²) in [5, 5.41) is 8.15. The Kier molecular flexibility index (Phi) is 3.29. The lowest BCUT2D eigenvalue weighted by Crippen LogP contribution is -2.25. The van der Waals surface area contributed by atoms with Gasteiger partial charge in [-0.3, -0.25) is 0 Å². The molecule has 0 bridgehead atoms. The van der Waals surface area contributed by atoms with Crippen LogP contribution in [0.15, 0.2) is 28.7 Å². The number of halogens is 1. The standard InChI is InChI=1S/C14H16FN3O/c15-11-5-1-9(2-6-11)13-17-18-14(19-13)10-3-7-12(16)8-4-10/h1-2,5-6,10,12H,3-4,7-8,16H2/t10-,12-. The van der Waals surface area contributed by atoms with Crippen LogP contribution in [0.3, 0.4) is 0 Å². The van der Waals surface area contributed by atoms with Crippen LogP contribution in [0.25, 0.3) is 11.5 Å². The van der Waals surface area contributed by atoms with E-state index >= 15 is 0 Å². The lowest BCUT2D eigenvalue weighted by Gasteiger charge is -2.23. The predicted molar refractivity (Wildman–Crippen MR) is 68.9 cm³/mol. The summed E-state index contributed by atoms with van der Waals surface area (Å²) in [6.07, 6.45) is 3.98. The van der Waals surface area contributed by atoms with Crippen molar-refractivity contribution in [3.8, 4) is 11.5 Å². The van der Waals surface area contributed by atoms with Crippen LogP contribution in [-0.4, -0.2) is 16.2 Å². The number of hydrogen-bond donors (Lipinski definition) is 1. The number of benzene rings is 1. The second kappa shape index (κ2) is 5.09. The van der Waals surface area contributed by atoms with Crippen LogP contribution >= 0.6 is 0 Å². The van der Waals surface area contributed by atoms with Crippen LogP contribution in [0.4, 0.5) is 4.39 Å². The molecule has 1 fully saturated rings. The first kappa shape index (κ1) is 12.3. The zero-order valence-corrected chi connectivity index (χ0v) is 10.6. The van der Waals surface area contributed by atoms with Gasteiger partial charge in [0.05, 0.1) is 0 Å². The highest BCUT2D eigenvalue weighted by molar-refractivity contribution is 5.51. The molecule has 0 atom stereocenters. The van der Waals surface area contributed by atoms with E-state index in [4.69, 9.17) is 10.2 Å². The summed E-state index contributed by atoms with van der Waals surface area (Å²) in [6, 6.07) is 6.36. The smallest absolute Gasteiger partial charge is 0.247 e. The van der Waals surface area contributed by atoms with Crippen molar-refractivity contribution in [3.63, 3.8) is 0 Å². The third kappa shape index (κ3) is 2.66. The van der Waals surface area contributed by atoms with Crippen molar-refractivity contribution in [2.24, 2.45) is 5.73 Å².